The molecular formula is C17H22N6OS. The summed E-state index contributed by atoms with van der Waals surface area (Å²) in [4.78, 5) is 22.5. The minimum absolute atomic E-state index is 0.125. The van der Waals surface area contributed by atoms with Crippen LogP contribution in [0.1, 0.15) is 19.3 Å². The van der Waals surface area contributed by atoms with Crippen LogP contribution in [0.4, 0.5) is 23.0 Å². The highest BCUT2D eigenvalue weighted by molar-refractivity contribution is 7.99. The lowest BCUT2D eigenvalue weighted by Gasteiger charge is -2.28. The van der Waals surface area contributed by atoms with Crippen molar-refractivity contribution in [1.29, 1.82) is 0 Å². The van der Waals surface area contributed by atoms with Gasteiger partial charge in [0, 0.05) is 30.5 Å². The van der Waals surface area contributed by atoms with E-state index in [4.69, 9.17) is 11.5 Å². The molecule has 5 N–H and O–H groups in total. The first-order chi connectivity index (χ1) is 12.1. The first kappa shape index (κ1) is 17.3. The van der Waals surface area contributed by atoms with Gasteiger partial charge in [-0.2, -0.15) is 0 Å². The fourth-order valence-corrected chi connectivity index (χ4v) is 3.43. The number of nitrogens with one attached hydrogen (secondary N) is 1. The average molecular weight is 358 g/mol. The molecule has 0 atom stereocenters. The van der Waals surface area contributed by atoms with E-state index in [9.17, 15) is 4.79 Å². The van der Waals surface area contributed by atoms with E-state index in [1.807, 2.05) is 12.1 Å². The summed E-state index contributed by atoms with van der Waals surface area (Å²) in [7, 11) is 0. The summed E-state index contributed by atoms with van der Waals surface area (Å²) in [6.45, 7) is 2.21. The van der Waals surface area contributed by atoms with Gasteiger partial charge < -0.3 is 21.7 Å². The summed E-state index contributed by atoms with van der Waals surface area (Å²) in [6, 6.07) is 9.45. The van der Waals surface area contributed by atoms with E-state index in [1.54, 1.807) is 0 Å². The first-order valence-electron chi connectivity index (χ1n) is 8.28. The molecule has 2 heterocycles. The summed E-state index contributed by atoms with van der Waals surface area (Å²) in [6.07, 6.45) is 3.79. The maximum atomic E-state index is 12.1. The Morgan fingerprint density at radius 1 is 1.08 bits per heavy atom. The van der Waals surface area contributed by atoms with Crippen LogP contribution in [0, 0.1) is 0 Å². The van der Waals surface area contributed by atoms with Crippen molar-refractivity contribution in [2.45, 2.75) is 24.4 Å². The number of benzene rings is 1. The summed E-state index contributed by atoms with van der Waals surface area (Å²) >= 11 is 1.20. The van der Waals surface area contributed by atoms with Crippen LogP contribution < -0.4 is 21.7 Å². The molecule has 1 amide bonds. The van der Waals surface area contributed by atoms with Crippen molar-refractivity contribution >= 4 is 40.7 Å². The van der Waals surface area contributed by atoms with Crippen molar-refractivity contribution in [2.24, 2.45) is 0 Å². The number of rotatable bonds is 5. The number of thioether (sulfide) groups is 1. The van der Waals surface area contributed by atoms with Crippen molar-refractivity contribution in [3.63, 3.8) is 0 Å². The van der Waals surface area contributed by atoms with E-state index < -0.39 is 0 Å². The Balaban J connectivity index is 1.52. The van der Waals surface area contributed by atoms with Crippen LogP contribution in [0.2, 0.25) is 0 Å². The van der Waals surface area contributed by atoms with E-state index in [1.165, 1.54) is 42.8 Å². The van der Waals surface area contributed by atoms with Gasteiger partial charge in [0.15, 0.2) is 5.16 Å². The minimum Gasteiger partial charge on any atom is -0.383 e. The normalized spacial score (nSPS) is 14.3. The molecule has 1 aliphatic heterocycles. The van der Waals surface area contributed by atoms with Gasteiger partial charge in [-0.05, 0) is 43.5 Å². The lowest BCUT2D eigenvalue weighted by Crippen LogP contribution is -2.29. The smallest absolute Gasteiger partial charge is 0.234 e. The van der Waals surface area contributed by atoms with E-state index in [0.717, 1.165) is 18.8 Å². The quantitative estimate of drug-likeness (QED) is 0.556. The molecule has 0 radical (unpaired) electrons. The van der Waals surface area contributed by atoms with Gasteiger partial charge >= 0.3 is 0 Å². The fourth-order valence-electron chi connectivity index (χ4n) is 2.76. The Labute approximate surface area is 151 Å². The summed E-state index contributed by atoms with van der Waals surface area (Å²) in [5, 5.41) is 3.27. The standard InChI is InChI=1S/C17H22N6OS/c18-14-10-15(19)22-17(21-14)25-11-16(24)20-12-4-6-13(7-5-12)23-8-2-1-3-9-23/h4-7,10H,1-3,8-9,11H2,(H,20,24)(H4,18,19,21,22). The Bertz CT molecular complexity index is 710. The SMILES string of the molecule is Nc1cc(N)nc(SCC(=O)Nc2ccc(N3CCCCC3)cc2)n1. The van der Waals surface area contributed by atoms with Crippen LogP contribution in [0.5, 0.6) is 0 Å². The number of nitrogens with two attached hydrogens (primary N) is 2. The van der Waals surface area contributed by atoms with Crippen molar-refractivity contribution in [3.05, 3.63) is 30.3 Å². The largest absolute Gasteiger partial charge is 0.383 e. The van der Waals surface area contributed by atoms with Crippen LogP contribution in [0.3, 0.4) is 0 Å². The molecule has 1 aromatic carbocycles. The van der Waals surface area contributed by atoms with Crippen molar-refractivity contribution < 1.29 is 4.79 Å². The van der Waals surface area contributed by atoms with Crippen molar-refractivity contribution in [1.82, 2.24) is 9.97 Å². The Morgan fingerprint density at radius 3 is 2.36 bits per heavy atom. The average Bonchev–Trinajstić information content (AvgIpc) is 2.61. The molecule has 132 valence electrons. The van der Waals surface area contributed by atoms with Crippen molar-refractivity contribution in [2.75, 3.05) is 40.5 Å². The lowest BCUT2D eigenvalue weighted by atomic mass is 10.1. The second kappa shape index (κ2) is 8.06. The number of carbonyl (C=O) groups excluding carboxylic acids is 1. The van der Waals surface area contributed by atoms with Gasteiger partial charge in [-0.1, -0.05) is 11.8 Å². The van der Waals surface area contributed by atoms with Crippen LogP contribution >= 0.6 is 11.8 Å². The van der Waals surface area contributed by atoms with E-state index in [0.29, 0.717) is 16.8 Å². The highest BCUT2D eigenvalue weighted by atomic mass is 32.2. The number of nitrogens with zero attached hydrogens (tertiary/aromatic N) is 3. The molecule has 2 aromatic rings. The van der Waals surface area contributed by atoms with Crippen molar-refractivity contribution in [3.8, 4) is 0 Å². The molecule has 0 aliphatic carbocycles. The summed E-state index contributed by atoms with van der Waals surface area (Å²) in [5.41, 5.74) is 13.2. The molecule has 0 saturated carbocycles. The van der Waals surface area contributed by atoms with Gasteiger partial charge in [-0.25, -0.2) is 9.97 Å². The predicted molar refractivity (Wildman–Crippen MR) is 103 cm³/mol. The predicted octanol–water partition coefficient (Wildman–Crippen LogP) is 2.36. The second-order valence-electron chi connectivity index (χ2n) is 5.93. The number of amides is 1. The minimum atomic E-state index is -0.125. The van der Waals surface area contributed by atoms with Gasteiger partial charge in [0.05, 0.1) is 5.75 Å². The second-order valence-corrected chi connectivity index (χ2v) is 6.87. The van der Waals surface area contributed by atoms with Gasteiger partial charge in [-0.3, -0.25) is 4.79 Å². The highest BCUT2D eigenvalue weighted by Gasteiger charge is 2.11. The molecule has 1 aromatic heterocycles. The monoisotopic (exact) mass is 358 g/mol. The Hall–Kier alpha value is -2.48. The third-order valence-corrected chi connectivity index (χ3v) is 4.80. The zero-order valence-electron chi connectivity index (χ0n) is 13.9. The number of aromatic nitrogens is 2. The summed E-state index contributed by atoms with van der Waals surface area (Å²) < 4.78 is 0. The summed E-state index contributed by atoms with van der Waals surface area (Å²) in [5.74, 6) is 0.657. The Morgan fingerprint density at radius 2 is 1.72 bits per heavy atom. The van der Waals surface area contributed by atoms with Gasteiger partial charge in [-0.15, -0.1) is 0 Å². The number of piperidine rings is 1. The van der Waals surface area contributed by atoms with Gasteiger partial charge in [0.2, 0.25) is 5.91 Å². The zero-order valence-corrected chi connectivity index (χ0v) is 14.8. The van der Waals surface area contributed by atoms with Crippen LogP contribution in [-0.2, 0) is 4.79 Å². The number of anilines is 4. The molecule has 25 heavy (non-hydrogen) atoms. The van der Waals surface area contributed by atoms with Crippen LogP contribution in [0.25, 0.3) is 0 Å². The van der Waals surface area contributed by atoms with E-state index in [-0.39, 0.29) is 11.7 Å². The molecule has 7 nitrogen and oxygen atoms in total. The number of hydrogen-bond donors (Lipinski definition) is 3. The molecule has 8 heteroatoms. The molecule has 1 saturated heterocycles. The molecule has 3 rings (SSSR count). The van der Waals surface area contributed by atoms with Gasteiger partial charge in [0.1, 0.15) is 11.6 Å². The maximum absolute atomic E-state index is 12.1. The van der Waals surface area contributed by atoms with Crippen LogP contribution in [0.15, 0.2) is 35.5 Å². The molecule has 0 bridgehead atoms. The van der Waals surface area contributed by atoms with E-state index >= 15 is 0 Å². The molecule has 1 aliphatic rings. The number of hydrogen-bond acceptors (Lipinski definition) is 7. The molecule has 1 fully saturated rings. The van der Waals surface area contributed by atoms with Crippen LogP contribution in [-0.4, -0.2) is 34.7 Å². The highest BCUT2D eigenvalue weighted by Crippen LogP contribution is 2.22. The lowest BCUT2D eigenvalue weighted by molar-refractivity contribution is -0.113. The molecular weight excluding hydrogens is 336 g/mol. The fraction of sp³-hybridized carbons (Fsp3) is 0.353. The third kappa shape index (κ3) is 4.99. The van der Waals surface area contributed by atoms with E-state index in [2.05, 4.69) is 32.3 Å². The zero-order chi connectivity index (χ0) is 17.6. The maximum Gasteiger partial charge on any atom is 0.234 e. The first-order valence-corrected chi connectivity index (χ1v) is 9.26. The molecule has 0 spiro atoms. The number of carbonyl (C=O) groups is 1. The Kier molecular flexibility index (Phi) is 5.60. The van der Waals surface area contributed by atoms with Gasteiger partial charge in [0.25, 0.3) is 0 Å². The number of nitrogen functional groups attached to an aromatic ring is 2. The topological polar surface area (TPSA) is 110 Å². The third-order valence-electron chi connectivity index (χ3n) is 3.95. The molecule has 0 unspecified atom stereocenters.